The quantitative estimate of drug-likeness (QED) is 0.668. The number of carbonyl (C=O) groups is 2. The summed E-state index contributed by atoms with van der Waals surface area (Å²) in [6.07, 6.45) is 6.02. The number of aromatic nitrogens is 2. The molecule has 0 bridgehead atoms. The van der Waals surface area contributed by atoms with Crippen LogP contribution >= 0.6 is 0 Å². The predicted octanol–water partition coefficient (Wildman–Crippen LogP) is 3.81. The van der Waals surface area contributed by atoms with Crippen molar-refractivity contribution in [1.29, 1.82) is 0 Å². The Kier molecular flexibility index (Phi) is 5.06. The fraction of sp³-hybridized carbons (Fsp3) is 0.261. The lowest BCUT2D eigenvalue weighted by Crippen LogP contribution is -2.25. The van der Waals surface area contributed by atoms with E-state index in [1.165, 1.54) is 0 Å². The lowest BCUT2D eigenvalue weighted by Gasteiger charge is -2.08. The topological polar surface area (TPSA) is 64.0 Å². The molecule has 0 atom stereocenters. The Morgan fingerprint density at radius 3 is 2.64 bits per heavy atom. The van der Waals surface area contributed by atoms with Crippen LogP contribution in [0.15, 0.2) is 54.9 Å². The van der Waals surface area contributed by atoms with Crippen molar-refractivity contribution in [3.05, 3.63) is 77.4 Å². The van der Waals surface area contributed by atoms with E-state index in [0.29, 0.717) is 18.5 Å². The van der Waals surface area contributed by atoms with E-state index in [1.54, 1.807) is 6.20 Å². The number of hydrogen-bond acceptors (Lipinski definition) is 3. The summed E-state index contributed by atoms with van der Waals surface area (Å²) in [6, 6.07) is 13.6. The molecule has 28 heavy (non-hydrogen) atoms. The molecule has 0 aliphatic heterocycles. The second-order valence-electron chi connectivity index (χ2n) is 7.15. The third-order valence-corrected chi connectivity index (χ3v) is 5.29. The molecule has 5 nitrogen and oxygen atoms in total. The van der Waals surface area contributed by atoms with Gasteiger partial charge in [0.2, 0.25) is 0 Å². The van der Waals surface area contributed by atoms with Crippen molar-refractivity contribution in [2.45, 2.75) is 32.7 Å². The van der Waals surface area contributed by atoms with Gasteiger partial charge in [0.15, 0.2) is 5.78 Å². The molecule has 0 saturated heterocycles. The molecule has 1 N–H and O–H groups in total. The Morgan fingerprint density at radius 2 is 1.89 bits per heavy atom. The smallest absolute Gasteiger partial charge is 0.251 e. The summed E-state index contributed by atoms with van der Waals surface area (Å²) < 4.78 is 2.07. The van der Waals surface area contributed by atoms with Crippen LogP contribution in [0.2, 0.25) is 0 Å². The van der Waals surface area contributed by atoms with Gasteiger partial charge in [0.25, 0.3) is 5.91 Å². The Morgan fingerprint density at radius 1 is 1.11 bits per heavy atom. The van der Waals surface area contributed by atoms with Crippen LogP contribution < -0.4 is 5.32 Å². The van der Waals surface area contributed by atoms with Crippen molar-refractivity contribution in [2.24, 2.45) is 0 Å². The monoisotopic (exact) mass is 373 g/mol. The van der Waals surface area contributed by atoms with Gasteiger partial charge in [-0.1, -0.05) is 30.3 Å². The van der Waals surface area contributed by atoms with Gasteiger partial charge < -0.3 is 9.88 Å². The highest BCUT2D eigenvalue weighted by Gasteiger charge is 2.19. The van der Waals surface area contributed by atoms with Gasteiger partial charge in [-0.2, -0.15) is 0 Å². The van der Waals surface area contributed by atoms with Crippen molar-refractivity contribution in [2.75, 3.05) is 6.54 Å². The van der Waals surface area contributed by atoms with E-state index in [9.17, 15) is 9.59 Å². The number of imidazole rings is 1. The number of ketones is 1. The second kappa shape index (κ2) is 7.80. The average Bonchev–Trinajstić information content (AvgIpc) is 3.30. The molecule has 0 saturated carbocycles. The number of nitrogens with one attached hydrogen (secondary N) is 1. The summed E-state index contributed by atoms with van der Waals surface area (Å²) in [6.45, 7) is 3.43. The van der Waals surface area contributed by atoms with Crippen LogP contribution in [0.25, 0.3) is 11.1 Å². The van der Waals surface area contributed by atoms with E-state index in [-0.39, 0.29) is 11.7 Å². The molecule has 1 amide bonds. The first kappa shape index (κ1) is 18.2. The number of carbonyl (C=O) groups excluding carboxylic acids is 2. The lowest BCUT2D eigenvalue weighted by molar-refractivity contribution is 0.0951. The van der Waals surface area contributed by atoms with Gasteiger partial charge >= 0.3 is 0 Å². The summed E-state index contributed by atoms with van der Waals surface area (Å²) >= 11 is 0. The molecular weight excluding hydrogens is 350 g/mol. The van der Waals surface area contributed by atoms with Crippen molar-refractivity contribution in [1.82, 2.24) is 14.9 Å². The summed E-state index contributed by atoms with van der Waals surface area (Å²) in [4.78, 5) is 28.3. The largest absolute Gasteiger partial charge is 0.352 e. The number of aryl methyl sites for hydroxylation is 3. The second-order valence-corrected chi connectivity index (χ2v) is 7.15. The van der Waals surface area contributed by atoms with Crippen LogP contribution in [0, 0.1) is 6.92 Å². The minimum absolute atomic E-state index is 0.0616. The zero-order valence-corrected chi connectivity index (χ0v) is 15.9. The van der Waals surface area contributed by atoms with E-state index in [4.69, 9.17) is 0 Å². The van der Waals surface area contributed by atoms with Crippen LogP contribution in [0.1, 0.15) is 44.9 Å². The minimum atomic E-state index is -0.0616. The molecule has 0 fully saturated rings. The Labute approximate surface area is 164 Å². The Bertz CT molecular complexity index is 1020. The third kappa shape index (κ3) is 3.74. The average molecular weight is 373 g/mol. The van der Waals surface area contributed by atoms with Crippen molar-refractivity contribution in [3.63, 3.8) is 0 Å². The zero-order chi connectivity index (χ0) is 19.5. The Balaban J connectivity index is 1.34. The molecule has 0 radical (unpaired) electrons. The summed E-state index contributed by atoms with van der Waals surface area (Å²) in [5.74, 6) is 1.16. The van der Waals surface area contributed by atoms with Crippen LogP contribution in [0.5, 0.6) is 0 Å². The fourth-order valence-electron chi connectivity index (χ4n) is 3.64. The lowest BCUT2D eigenvalue weighted by atomic mass is 9.99. The maximum atomic E-state index is 12.3. The SMILES string of the molecule is Cc1nccn1CCCNC(=O)c1ccc(-c2ccc3c(c2)CCC3=O)cc1. The van der Waals surface area contributed by atoms with E-state index in [1.807, 2.05) is 49.5 Å². The third-order valence-electron chi connectivity index (χ3n) is 5.29. The number of amides is 1. The Hall–Kier alpha value is -3.21. The molecule has 1 aliphatic carbocycles. The molecule has 0 spiro atoms. The van der Waals surface area contributed by atoms with E-state index in [0.717, 1.165) is 47.5 Å². The first-order chi connectivity index (χ1) is 13.6. The van der Waals surface area contributed by atoms with Crippen LogP contribution in [-0.2, 0) is 13.0 Å². The van der Waals surface area contributed by atoms with Crippen LogP contribution in [-0.4, -0.2) is 27.8 Å². The first-order valence-corrected chi connectivity index (χ1v) is 9.64. The number of rotatable bonds is 6. The summed E-state index contributed by atoms with van der Waals surface area (Å²) in [7, 11) is 0. The maximum absolute atomic E-state index is 12.3. The van der Waals surface area contributed by atoms with E-state index < -0.39 is 0 Å². The number of Topliss-reactive ketones (excluding diaryl/α,β-unsaturated/α-hetero) is 1. The highest BCUT2D eigenvalue weighted by atomic mass is 16.1. The highest BCUT2D eigenvalue weighted by Crippen LogP contribution is 2.28. The van der Waals surface area contributed by atoms with Gasteiger partial charge in [-0.25, -0.2) is 4.98 Å². The summed E-state index contributed by atoms with van der Waals surface area (Å²) in [5, 5.41) is 2.97. The van der Waals surface area contributed by atoms with Gasteiger partial charge in [0.05, 0.1) is 0 Å². The van der Waals surface area contributed by atoms with Gasteiger partial charge in [0.1, 0.15) is 5.82 Å². The van der Waals surface area contributed by atoms with E-state index in [2.05, 4.69) is 20.9 Å². The van der Waals surface area contributed by atoms with Gasteiger partial charge in [-0.3, -0.25) is 9.59 Å². The molecule has 5 heteroatoms. The molecule has 3 aromatic rings. The minimum Gasteiger partial charge on any atom is -0.352 e. The van der Waals surface area contributed by atoms with Crippen molar-refractivity contribution >= 4 is 11.7 Å². The maximum Gasteiger partial charge on any atom is 0.251 e. The number of benzene rings is 2. The van der Waals surface area contributed by atoms with Crippen molar-refractivity contribution in [3.8, 4) is 11.1 Å². The van der Waals surface area contributed by atoms with E-state index >= 15 is 0 Å². The zero-order valence-electron chi connectivity index (χ0n) is 15.9. The number of nitrogens with zero attached hydrogens (tertiary/aromatic N) is 2. The molecule has 4 rings (SSSR count). The van der Waals surface area contributed by atoms with Gasteiger partial charge in [-0.05, 0) is 48.6 Å². The van der Waals surface area contributed by atoms with Crippen molar-refractivity contribution < 1.29 is 9.59 Å². The molecule has 1 heterocycles. The standard InChI is InChI=1S/C23H23N3O2/c1-16-24-12-14-26(16)13-2-11-25-23(28)18-5-3-17(4-6-18)19-7-9-21-20(15-19)8-10-22(21)27/h3-7,9,12,14-15H,2,8,10-11,13H2,1H3,(H,25,28). The number of fused-ring (bicyclic) bond motifs is 1. The normalized spacial score (nSPS) is 12.8. The van der Waals surface area contributed by atoms with Gasteiger partial charge in [-0.15, -0.1) is 0 Å². The van der Waals surface area contributed by atoms with Crippen LogP contribution in [0.4, 0.5) is 0 Å². The fourth-order valence-corrected chi connectivity index (χ4v) is 3.64. The predicted molar refractivity (Wildman–Crippen MR) is 108 cm³/mol. The van der Waals surface area contributed by atoms with Crippen LogP contribution in [0.3, 0.4) is 0 Å². The molecule has 142 valence electrons. The molecule has 0 unspecified atom stereocenters. The number of hydrogen-bond donors (Lipinski definition) is 1. The first-order valence-electron chi connectivity index (χ1n) is 9.64. The highest BCUT2D eigenvalue weighted by molar-refractivity contribution is 6.01. The molecule has 1 aliphatic rings. The van der Waals surface area contributed by atoms with Gasteiger partial charge in [0, 0.05) is 43.0 Å². The molecular formula is C23H23N3O2. The molecule has 1 aromatic heterocycles. The summed E-state index contributed by atoms with van der Waals surface area (Å²) in [5.41, 5.74) is 4.76. The molecule has 2 aromatic carbocycles.